The fraction of sp³-hybridized carbons (Fsp3) is 0.927. The van der Waals surface area contributed by atoms with E-state index in [0.29, 0.717) is 0 Å². The molecule has 2 nitrogen and oxygen atoms in total. The zero-order chi connectivity index (χ0) is 30.9. The monoisotopic (exact) mass is 602 g/mol. The fourth-order valence-electron chi connectivity index (χ4n) is 6.86. The van der Waals surface area contributed by atoms with Crippen LogP contribution in [0.4, 0.5) is 0 Å². The van der Waals surface area contributed by atoms with Crippen LogP contribution < -0.4 is 4.57 Å². The largest absolute Gasteiger partial charge is 0.256 e. The summed E-state index contributed by atoms with van der Waals surface area (Å²) in [6.45, 7) is 9.40. The molecule has 0 aliphatic carbocycles. The van der Waals surface area contributed by atoms with Crippen molar-refractivity contribution in [1.82, 2.24) is 4.57 Å². The molecular formula is C41H81N2+. The predicted octanol–water partition coefficient (Wildman–Crippen LogP) is 13.9. The quantitative estimate of drug-likeness (QED) is 0.0540. The molecule has 0 N–H and O–H groups in total. The SMILES string of the molecule is CCCCCCCCCCCCCCCCCCCn1cc[n+](CCCCCCCCCCC)c1CCCCCCCC. The summed E-state index contributed by atoms with van der Waals surface area (Å²) in [4.78, 5) is 0. The minimum Gasteiger partial charge on any atom is -0.234 e. The summed E-state index contributed by atoms with van der Waals surface area (Å²) in [5.41, 5.74) is 0. The topological polar surface area (TPSA) is 8.81 Å². The Morgan fingerprint density at radius 1 is 0.395 bits per heavy atom. The van der Waals surface area contributed by atoms with E-state index in [1.165, 1.54) is 225 Å². The second-order valence-electron chi connectivity index (χ2n) is 14.1. The van der Waals surface area contributed by atoms with E-state index in [9.17, 15) is 0 Å². The number of aromatic nitrogens is 2. The molecule has 1 aromatic heterocycles. The van der Waals surface area contributed by atoms with Gasteiger partial charge in [0.25, 0.3) is 5.82 Å². The first-order chi connectivity index (χ1) is 21.3. The van der Waals surface area contributed by atoms with Crippen molar-refractivity contribution in [2.24, 2.45) is 0 Å². The molecule has 1 heterocycles. The molecule has 0 amide bonds. The van der Waals surface area contributed by atoms with Crippen LogP contribution in [-0.4, -0.2) is 4.57 Å². The zero-order valence-electron chi connectivity index (χ0n) is 30.3. The standard InChI is InChI=1S/C41H81N2/c1-4-7-10-13-16-18-19-20-21-22-23-24-25-27-29-32-35-38-43-40-39-42(41(43)36-33-30-15-12-9-6-3)37-34-31-28-26-17-14-11-8-5-2/h39-40H,4-38H2,1-3H3/q+1. The van der Waals surface area contributed by atoms with Crippen molar-refractivity contribution in [1.29, 1.82) is 0 Å². The molecule has 0 bridgehead atoms. The van der Waals surface area contributed by atoms with E-state index < -0.39 is 0 Å². The molecule has 0 aromatic carbocycles. The maximum atomic E-state index is 2.63. The van der Waals surface area contributed by atoms with Gasteiger partial charge in [0.1, 0.15) is 12.4 Å². The summed E-state index contributed by atoms with van der Waals surface area (Å²) in [6.07, 6.45) is 51.9. The molecule has 0 saturated heterocycles. The van der Waals surface area contributed by atoms with Gasteiger partial charge in [0.15, 0.2) is 0 Å². The first-order valence-electron chi connectivity index (χ1n) is 20.4. The van der Waals surface area contributed by atoms with Crippen LogP contribution in [0.5, 0.6) is 0 Å². The second-order valence-corrected chi connectivity index (χ2v) is 14.1. The van der Waals surface area contributed by atoms with Gasteiger partial charge in [0.2, 0.25) is 0 Å². The highest BCUT2D eigenvalue weighted by atomic mass is 15.1. The zero-order valence-corrected chi connectivity index (χ0v) is 30.3. The van der Waals surface area contributed by atoms with Gasteiger partial charge < -0.3 is 0 Å². The molecular weight excluding hydrogens is 520 g/mol. The van der Waals surface area contributed by atoms with Crippen molar-refractivity contribution >= 4 is 0 Å². The molecule has 0 aliphatic heterocycles. The van der Waals surface area contributed by atoms with Gasteiger partial charge in [-0.3, -0.25) is 0 Å². The third-order valence-corrected chi connectivity index (χ3v) is 9.85. The Bertz CT molecular complexity index is 663. The third kappa shape index (κ3) is 25.1. The van der Waals surface area contributed by atoms with Crippen molar-refractivity contribution in [3.05, 3.63) is 18.2 Å². The Hall–Kier alpha value is -0.790. The Balaban J connectivity index is 2.17. The molecule has 1 aromatic rings. The van der Waals surface area contributed by atoms with Crippen molar-refractivity contribution in [2.45, 2.75) is 246 Å². The van der Waals surface area contributed by atoms with Crippen molar-refractivity contribution in [3.8, 4) is 0 Å². The number of aryl methyl sites for hydroxylation is 2. The summed E-state index contributed by atoms with van der Waals surface area (Å²) in [5.74, 6) is 1.62. The number of nitrogens with zero attached hydrogens (tertiary/aromatic N) is 2. The molecule has 0 aliphatic rings. The van der Waals surface area contributed by atoms with E-state index in [4.69, 9.17) is 0 Å². The maximum absolute atomic E-state index is 2.63. The molecule has 1 rings (SSSR count). The first kappa shape index (κ1) is 40.2. The average Bonchev–Trinajstić information content (AvgIpc) is 3.40. The second kappa shape index (κ2) is 32.6. The number of rotatable bonds is 35. The Labute approximate surface area is 272 Å². The predicted molar refractivity (Wildman–Crippen MR) is 193 cm³/mol. The van der Waals surface area contributed by atoms with Gasteiger partial charge in [-0.05, 0) is 32.1 Å². The minimum absolute atomic E-state index is 1.23. The van der Waals surface area contributed by atoms with Crippen LogP contribution in [0.15, 0.2) is 12.4 Å². The molecule has 0 atom stereocenters. The van der Waals surface area contributed by atoms with Gasteiger partial charge in [-0.25, -0.2) is 9.13 Å². The lowest BCUT2D eigenvalue weighted by Crippen LogP contribution is -2.37. The molecule has 0 spiro atoms. The third-order valence-electron chi connectivity index (χ3n) is 9.85. The van der Waals surface area contributed by atoms with Crippen LogP contribution in [0, 0.1) is 0 Å². The summed E-state index contributed by atoms with van der Waals surface area (Å²) < 4.78 is 5.26. The van der Waals surface area contributed by atoms with Crippen molar-refractivity contribution < 1.29 is 4.57 Å². The van der Waals surface area contributed by atoms with E-state index in [0.717, 1.165) is 0 Å². The van der Waals surface area contributed by atoms with Crippen LogP contribution in [-0.2, 0) is 19.5 Å². The summed E-state index contributed by atoms with van der Waals surface area (Å²) in [6, 6.07) is 0. The van der Waals surface area contributed by atoms with Gasteiger partial charge in [-0.15, -0.1) is 0 Å². The summed E-state index contributed by atoms with van der Waals surface area (Å²) in [5, 5.41) is 0. The average molecular weight is 602 g/mol. The minimum atomic E-state index is 1.23. The molecule has 0 unspecified atom stereocenters. The first-order valence-corrected chi connectivity index (χ1v) is 20.4. The lowest BCUT2D eigenvalue weighted by Gasteiger charge is -2.07. The normalized spacial score (nSPS) is 11.6. The number of unbranched alkanes of at least 4 members (excludes halogenated alkanes) is 29. The molecule has 43 heavy (non-hydrogen) atoms. The molecule has 0 saturated carbocycles. The molecule has 254 valence electrons. The van der Waals surface area contributed by atoms with Crippen LogP contribution in [0.25, 0.3) is 0 Å². The van der Waals surface area contributed by atoms with Gasteiger partial charge >= 0.3 is 0 Å². The van der Waals surface area contributed by atoms with Crippen molar-refractivity contribution in [3.63, 3.8) is 0 Å². The maximum Gasteiger partial charge on any atom is 0.256 e. The van der Waals surface area contributed by atoms with E-state index in [1.807, 2.05) is 0 Å². The highest BCUT2D eigenvalue weighted by molar-refractivity contribution is 4.84. The van der Waals surface area contributed by atoms with Crippen LogP contribution in [0.3, 0.4) is 0 Å². The van der Waals surface area contributed by atoms with Crippen LogP contribution >= 0.6 is 0 Å². The van der Waals surface area contributed by atoms with E-state index in [2.05, 4.69) is 42.3 Å². The van der Waals surface area contributed by atoms with E-state index in [1.54, 1.807) is 5.82 Å². The summed E-state index contributed by atoms with van der Waals surface area (Å²) in [7, 11) is 0. The van der Waals surface area contributed by atoms with Gasteiger partial charge in [0, 0.05) is 6.42 Å². The van der Waals surface area contributed by atoms with Gasteiger partial charge in [-0.1, -0.05) is 194 Å². The lowest BCUT2D eigenvalue weighted by molar-refractivity contribution is -0.704. The Kier molecular flexibility index (Phi) is 30.5. The summed E-state index contributed by atoms with van der Waals surface area (Å²) >= 11 is 0. The van der Waals surface area contributed by atoms with Gasteiger partial charge in [0.05, 0.1) is 13.1 Å². The van der Waals surface area contributed by atoms with Crippen LogP contribution in [0.2, 0.25) is 0 Å². The molecule has 0 radical (unpaired) electrons. The highest BCUT2D eigenvalue weighted by Crippen LogP contribution is 2.15. The Morgan fingerprint density at radius 3 is 1.12 bits per heavy atom. The van der Waals surface area contributed by atoms with E-state index in [-0.39, 0.29) is 0 Å². The fourth-order valence-corrected chi connectivity index (χ4v) is 6.86. The highest BCUT2D eigenvalue weighted by Gasteiger charge is 2.16. The van der Waals surface area contributed by atoms with Gasteiger partial charge in [-0.2, -0.15) is 0 Å². The smallest absolute Gasteiger partial charge is 0.234 e. The Morgan fingerprint density at radius 2 is 0.721 bits per heavy atom. The molecule has 0 fully saturated rings. The number of hydrogen-bond acceptors (Lipinski definition) is 0. The molecule has 2 heteroatoms. The van der Waals surface area contributed by atoms with Crippen molar-refractivity contribution in [2.75, 3.05) is 0 Å². The lowest BCUT2D eigenvalue weighted by atomic mass is 10.0. The number of imidazole rings is 1. The number of hydrogen-bond donors (Lipinski definition) is 0. The van der Waals surface area contributed by atoms with E-state index >= 15 is 0 Å². The van der Waals surface area contributed by atoms with Crippen LogP contribution in [0.1, 0.15) is 232 Å².